The van der Waals surface area contributed by atoms with Crippen molar-refractivity contribution in [3.63, 3.8) is 0 Å². The molecule has 0 bridgehead atoms. The van der Waals surface area contributed by atoms with Gasteiger partial charge in [0.2, 0.25) is 5.76 Å². The monoisotopic (exact) mass is 452 g/mol. The first-order valence-electron chi connectivity index (χ1n) is 7.45. The van der Waals surface area contributed by atoms with Crippen LogP contribution in [0.1, 0.15) is 20.9 Å². The van der Waals surface area contributed by atoms with Gasteiger partial charge < -0.3 is 9.15 Å². The molecular formula is C19H11BrCl2O4. The van der Waals surface area contributed by atoms with E-state index in [0.29, 0.717) is 26.9 Å². The lowest BCUT2D eigenvalue weighted by Crippen LogP contribution is -2.13. The largest absolute Gasteiger partial charge is 0.451 e. The van der Waals surface area contributed by atoms with Gasteiger partial charge in [0, 0.05) is 20.6 Å². The zero-order valence-electron chi connectivity index (χ0n) is 13.2. The number of benzene rings is 2. The minimum absolute atomic E-state index is 0.0281. The fourth-order valence-corrected chi connectivity index (χ4v) is 2.85. The second kappa shape index (κ2) is 8.08. The van der Waals surface area contributed by atoms with E-state index in [1.165, 1.54) is 6.07 Å². The van der Waals surface area contributed by atoms with Crippen LogP contribution in [0.15, 0.2) is 63.5 Å². The van der Waals surface area contributed by atoms with Crippen molar-refractivity contribution in [1.29, 1.82) is 0 Å². The molecule has 0 fully saturated rings. The Labute approximate surface area is 167 Å². The van der Waals surface area contributed by atoms with Crippen LogP contribution in [0.4, 0.5) is 0 Å². The van der Waals surface area contributed by atoms with E-state index >= 15 is 0 Å². The van der Waals surface area contributed by atoms with Crippen LogP contribution in [-0.2, 0) is 4.74 Å². The first kappa shape index (κ1) is 18.7. The smallest absolute Gasteiger partial charge is 0.374 e. The summed E-state index contributed by atoms with van der Waals surface area (Å²) in [5.41, 5.74) is 1.01. The Kier molecular flexibility index (Phi) is 5.81. The highest BCUT2D eigenvalue weighted by molar-refractivity contribution is 9.10. The zero-order chi connectivity index (χ0) is 18.7. The number of ether oxygens (including phenoxy) is 1. The molecule has 0 N–H and O–H groups in total. The van der Waals surface area contributed by atoms with Crippen molar-refractivity contribution in [2.24, 2.45) is 0 Å². The molecule has 7 heteroatoms. The van der Waals surface area contributed by atoms with Gasteiger partial charge in [0.25, 0.3) is 0 Å². The summed E-state index contributed by atoms with van der Waals surface area (Å²) in [7, 11) is 0. The van der Waals surface area contributed by atoms with Gasteiger partial charge in [-0.15, -0.1) is 0 Å². The van der Waals surface area contributed by atoms with Crippen molar-refractivity contribution in [2.75, 3.05) is 6.61 Å². The fraction of sp³-hybridized carbons (Fsp3) is 0.0526. The second-order valence-corrected chi connectivity index (χ2v) is 7.05. The summed E-state index contributed by atoms with van der Waals surface area (Å²) in [6.07, 6.45) is 0. The quantitative estimate of drug-likeness (QED) is 0.348. The summed E-state index contributed by atoms with van der Waals surface area (Å²) >= 11 is 15.4. The molecule has 0 aliphatic carbocycles. The third-order valence-corrected chi connectivity index (χ3v) is 4.59. The first-order valence-corrected chi connectivity index (χ1v) is 9.00. The van der Waals surface area contributed by atoms with Crippen molar-refractivity contribution in [2.45, 2.75) is 0 Å². The van der Waals surface area contributed by atoms with E-state index in [0.717, 1.165) is 4.47 Å². The number of esters is 1. The van der Waals surface area contributed by atoms with Gasteiger partial charge in [-0.25, -0.2) is 4.79 Å². The summed E-state index contributed by atoms with van der Waals surface area (Å²) in [5.74, 6) is -0.696. The van der Waals surface area contributed by atoms with Crippen LogP contribution in [0.5, 0.6) is 0 Å². The number of rotatable bonds is 5. The molecule has 4 nitrogen and oxygen atoms in total. The van der Waals surface area contributed by atoms with E-state index in [9.17, 15) is 9.59 Å². The molecule has 0 aliphatic heterocycles. The number of hydrogen-bond acceptors (Lipinski definition) is 4. The molecule has 0 saturated carbocycles. The third-order valence-electron chi connectivity index (χ3n) is 3.50. The molecule has 0 unspecified atom stereocenters. The lowest BCUT2D eigenvalue weighted by atomic mass is 10.1. The van der Waals surface area contributed by atoms with Gasteiger partial charge in [0.1, 0.15) is 5.76 Å². The standard InChI is InChI=1S/C19H11BrCl2O4/c20-12-3-1-11(2-4-12)16(23)10-25-19(24)18-8-7-17(26-18)14-9-13(21)5-6-15(14)22/h1-9H,10H2. The van der Waals surface area contributed by atoms with Crippen LogP contribution in [0.25, 0.3) is 11.3 Å². The lowest BCUT2D eigenvalue weighted by molar-refractivity contribution is 0.0445. The molecule has 3 rings (SSSR count). The molecule has 1 heterocycles. The highest BCUT2D eigenvalue weighted by Gasteiger charge is 2.17. The Hall–Kier alpha value is -2.08. The average molecular weight is 454 g/mol. The molecule has 2 aromatic carbocycles. The Morgan fingerprint density at radius 1 is 1.00 bits per heavy atom. The summed E-state index contributed by atoms with van der Waals surface area (Å²) in [6, 6.07) is 14.7. The van der Waals surface area contributed by atoms with Gasteiger partial charge in [-0.05, 0) is 42.5 Å². The van der Waals surface area contributed by atoms with Crippen LogP contribution in [0.3, 0.4) is 0 Å². The number of hydrogen-bond donors (Lipinski definition) is 0. The Balaban J connectivity index is 1.67. The topological polar surface area (TPSA) is 56.5 Å². The summed E-state index contributed by atoms with van der Waals surface area (Å²) in [4.78, 5) is 24.1. The zero-order valence-corrected chi connectivity index (χ0v) is 16.3. The molecule has 0 amide bonds. The molecule has 3 aromatic rings. The van der Waals surface area contributed by atoms with E-state index in [1.807, 2.05) is 0 Å². The van der Waals surface area contributed by atoms with Crippen LogP contribution >= 0.6 is 39.1 Å². The average Bonchev–Trinajstić information content (AvgIpc) is 3.12. The third kappa shape index (κ3) is 4.36. The predicted octanol–water partition coefficient (Wildman–Crippen LogP) is 6.06. The summed E-state index contributed by atoms with van der Waals surface area (Å²) in [5, 5.41) is 0.930. The maximum Gasteiger partial charge on any atom is 0.374 e. The molecule has 0 radical (unpaired) electrons. The van der Waals surface area contributed by atoms with E-state index in [1.54, 1.807) is 48.5 Å². The number of Topliss-reactive ketones (excluding diaryl/α,β-unsaturated/α-hetero) is 1. The van der Waals surface area contributed by atoms with Crippen LogP contribution in [-0.4, -0.2) is 18.4 Å². The van der Waals surface area contributed by atoms with E-state index in [-0.39, 0.29) is 18.2 Å². The minimum atomic E-state index is -0.736. The maximum atomic E-state index is 12.1. The Morgan fingerprint density at radius 3 is 2.46 bits per heavy atom. The highest BCUT2D eigenvalue weighted by Crippen LogP contribution is 2.31. The minimum Gasteiger partial charge on any atom is -0.451 e. The highest BCUT2D eigenvalue weighted by atomic mass is 79.9. The van der Waals surface area contributed by atoms with Crippen LogP contribution in [0.2, 0.25) is 10.0 Å². The van der Waals surface area contributed by atoms with E-state index in [2.05, 4.69) is 15.9 Å². The van der Waals surface area contributed by atoms with Gasteiger partial charge in [-0.2, -0.15) is 0 Å². The van der Waals surface area contributed by atoms with Crippen molar-refractivity contribution in [1.82, 2.24) is 0 Å². The van der Waals surface area contributed by atoms with Crippen molar-refractivity contribution < 1.29 is 18.7 Å². The molecule has 1 aromatic heterocycles. The van der Waals surface area contributed by atoms with Gasteiger partial charge in [0.15, 0.2) is 12.4 Å². The van der Waals surface area contributed by atoms with Crippen molar-refractivity contribution >= 4 is 50.9 Å². The molecule has 0 aliphatic rings. The van der Waals surface area contributed by atoms with Gasteiger partial charge in [0.05, 0.1) is 5.02 Å². The first-order chi connectivity index (χ1) is 12.4. The van der Waals surface area contributed by atoms with E-state index in [4.69, 9.17) is 32.4 Å². The fourth-order valence-electron chi connectivity index (χ4n) is 2.20. The number of halogens is 3. The number of furan rings is 1. The Morgan fingerprint density at radius 2 is 1.73 bits per heavy atom. The molecule has 26 heavy (non-hydrogen) atoms. The molecule has 0 atom stereocenters. The lowest BCUT2D eigenvalue weighted by Gasteiger charge is -2.04. The number of ketones is 1. The predicted molar refractivity (Wildman–Crippen MR) is 103 cm³/mol. The normalized spacial score (nSPS) is 10.6. The summed E-state index contributed by atoms with van der Waals surface area (Å²) in [6.45, 7) is -0.381. The maximum absolute atomic E-state index is 12.1. The molecule has 0 spiro atoms. The van der Waals surface area contributed by atoms with E-state index < -0.39 is 5.97 Å². The van der Waals surface area contributed by atoms with Crippen LogP contribution in [0, 0.1) is 0 Å². The second-order valence-electron chi connectivity index (χ2n) is 5.29. The Bertz CT molecular complexity index is 964. The van der Waals surface area contributed by atoms with Gasteiger partial charge in [-0.1, -0.05) is 51.3 Å². The van der Waals surface area contributed by atoms with Crippen LogP contribution < -0.4 is 0 Å². The number of carbonyl (C=O) groups excluding carboxylic acids is 2. The van der Waals surface area contributed by atoms with Gasteiger partial charge >= 0.3 is 5.97 Å². The number of carbonyl (C=O) groups is 2. The SMILES string of the molecule is O=C(COC(=O)c1ccc(-c2cc(Cl)ccc2Cl)o1)c1ccc(Br)cc1. The van der Waals surface area contributed by atoms with Gasteiger partial charge in [-0.3, -0.25) is 4.79 Å². The molecule has 132 valence electrons. The summed E-state index contributed by atoms with van der Waals surface area (Å²) < 4.78 is 11.4. The van der Waals surface area contributed by atoms with Crippen molar-refractivity contribution in [3.05, 3.63) is 80.4 Å². The molecular weight excluding hydrogens is 443 g/mol. The van der Waals surface area contributed by atoms with Crippen molar-refractivity contribution in [3.8, 4) is 11.3 Å². The molecule has 0 saturated heterocycles.